The van der Waals surface area contributed by atoms with Crippen molar-refractivity contribution in [2.24, 2.45) is 11.8 Å². The first kappa shape index (κ1) is 11.5. The molecule has 3 atom stereocenters. The molecule has 1 fully saturated rings. The van der Waals surface area contributed by atoms with Gasteiger partial charge in [0.25, 0.3) is 0 Å². The van der Waals surface area contributed by atoms with E-state index in [0.717, 1.165) is 6.07 Å². The lowest BCUT2D eigenvalue weighted by Gasteiger charge is -2.16. The molecule has 16 heavy (non-hydrogen) atoms. The van der Waals surface area contributed by atoms with Crippen LogP contribution < -0.4 is 5.32 Å². The van der Waals surface area contributed by atoms with Crippen LogP contribution in [0, 0.1) is 23.5 Å². The molecule has 1 aromatic rings. The minimum Gasteiger partial charge on any atom is -0.316 e. The maximum absolute atomic E-state index is 13.5. The highest BCUT2D eigenvalue weighted by Crippen LogP contribution is 2.41. The van der Waals surface area contributed by atoms with Crippen LogP contribution in [0.4, 0.5) is 8.78 Å². The van der Waals surface area contributed by atoms with Crippen molar-refractivity contribution in [3.63, 3.8) is 0 Å². The summed E-state index contributed by atoms with van der Waals surface area (Å²) in [5.74, 6) is 0.631. The van der Waals surface area contributed by atoms with Crippen LogP contribution in [0.1, 0.15) is 18.9 Å². The zero-order chi connectivity index (χ0) is 11.7. The van der Waals surface area contributed by atoms with Crippen LogP contribution in [0.25, 0.3) is 0 Å². The Hall–Kier alpha value is -0.960. The Balaban J connectivity index is 2.09. The van der Waals surface area contributed by atoms with Gasteiger partial charge in [-0.15, -0.1) is 0 Å². The van der Waals surface area contributed by atoms with Gasteiger partial charge in [-0.25, -0.2) is 8.78 Å². The van der Waals surface area contributed by atoms with Gasteiger partial charge in [0.05, 0.1) is 0 Å². The summed E-state index contributed by atoms with van der Waals surface area (Å²) in [4.78, 5) is 0. The van der Waals surface area contributed by atoms with Gasteiger partial charge in [-0.05, 0) is 55.5 Å². The highest BCUT2D eigenvalue weighted by Gasteiger charge is 2.38. The quantitative estimate of drug-likeness (QED) is 0.830. The summed E-state index contributed by atoms with van der Waals surface area (Å²) in [7, 11) is 1.88. The van der Waals surface area contributed by atoms with Gasteiger partial charge in [-0.2, -0.15) is 0 Å². The molecule has 0 bridgehead atoms. The molecule has 1 N–H and O–H groups in total. The van der Waals surface area contributed by atoms with E-state index >= 15 is 0 Å². The third-order valence-electron chi connectivity index (χ3n) is 3.51. The minimum atomic E-state index is -0.366. The molecule has 1 nitrogen and oxygen atoms in total. The molecule has 0 aliphatic heterocycles. The zero-order valence-electron chi connectivity index (χ0n) is 9.63. The Bertz CT molecular complexity index is 378. The largest absolute Gasteiger partial charge is 0.316 e. The van der Waals surface area contributed by atoms with Crippen molar-refractivity contribution in [2.45, 2.75) is 25.8 Å². The van der Waals surface area contributed by atoms with Gasteiger partial charge in [0, 0.05) is 6.04 Å². The molecule has 1 aromatic carbocycles. The molecule has 0 spiro atoms. The van der Waals surface area contributed by atoms with Gasteiger partial charge in [0.15, 0.2) is 0 Å². The van der Waals surface area contributed by atoms with Gasteiger partial charge >= 0.3 is 0 Å². The molecule has 1 aliphatic carbocycles. The zero-order valence-corrected chi connectivity index (χ0v) is 9.63. The predicted molar refractivity (Wildman–Crippen MR) is 60.2 cm³/mol. The fourth-order valence-electron chi connectivity index (χ4n) is 2.32. The van der Waals surface area contributed by atoms with Crippen molar-refractivity contribution < 1.29 is 8.78 Å². The fourth-order valence-corrected chi connectivity index (χ4v) is 2.32. The maximum Gasteiger partial charge on any atom is 0.126 e. The van der Waals surface area contributed by atoms with E-state index in [4.69, 9.17) is 0 Å². The van der Waals surface area contributed by atoms with Gasteiger partial charge in [-0.1, -0.05) is 6.92 Å². The third kappa shape index (κ3) is 2.40. The molecule has 0 radical (unpaired) electrons. The molecule has 1 saturated carbocycles. The number of likely N-dealkylation sites (N-methyl/N-ethyl adjacent to an activating group) is 1. The maximum atomic E-state index is 13.5. The normalized spacial score (nSPS) is 25.5. The van der Waals surface area contributed by atoms with Crippen LogP contribution in [0.15, 0.2) is 18.2 Å². The number of hydrogen-bond acceptors (Lipinski definition) is 1. The summed E-state index contributed by atoms with van der Waals surface area (Å²) in [6, 6.07) is 3.92. The lowest BCUT2D eigenvalue weighted by molar-refractivity contribution is 0.467. The minimum absolute atomic E-state index is 0.256. The van der Waals surface area contributed by atoms with Gasteiger partial charge in [-0.3, -0.25) is 0 Å². The predicted octanol–water partition coefficient (Wildman–Crippen LogP) is 2.75. The van der Waals surface area contributed by atoms with Crippen LogP contribution in [0.2, 0.25) is 0 Å². The molecule has 88 valence electrons. The molecule has 0 heterocycles. The SMILES string of the molecule is CNC(Cc1cc(F)ccc1F)C1CC1C. The Morgan fingerprint density at radius 1 is 1.44 bits per heavy atom. The van der Waals surface area contributed by atoms with Crippen LogP contribution in [0.3, 0.4) is 0 Å². The average Bonchev–Trinajstić information content (AvgIpc) is 2.97. The fraction of sp³-hybridized carbons (Fsp3) is 0.538. The third-order valence-corrected chi connectivity index (χ3v) is 3.51. The second-order valence-corrected chi connectivity index (χ2v) is 4.71. The van der Waals surface area contributed by atoms with E-state index < -0.39 is 0 Å². The van der Waals surface area contributed by atoms with Crippen LogP contribution in [-0.2, 0) is 6.42 Å². The number of benzene rings is 1. The van der Waals surface area contributed by atoms with Gasteiger partial charge in [0.1, 0.15) is 11.6 Å². The van der Waals surface area contributed by atoms with E-state index in [9.17, 15) is 8.78 Å². The van der Waals surface area contributed by atoms with Crippen LogP contribution >= 0.6 is 0 Å². The Labute approximate surface area is 94.9 Å². The molecule has 0 aromatic heterocycles. The number of halogens is 2. The topological polar surface area (TPSA) is 12.0 Å². The molecular formula is C13H17F2N. The Morgan fingerprint density at radius 2 is 2.12 bits per heavy atom. The van der Waals surface area contributed by atoms with Crippen molar-refractivity contribution in [3.8, 4) is 0 Å². The number of rotatable bonds is 4. The number of nitrogens with one attached hydrogen (secondary N) is 1. The first-order valence-electron chi connectivity index (χ1n) is 5.73. The first-order chi connectivity index (χ1) is 7.61. The summed E-state index contributed by atoms with van der Waals surface area (Å²) >= 11 is 0. The molecule has 1 aliphatic rings. The van der Waals surface area contributed by atoms with Crippen LogP contribution in [0.5, 0.6) is 0 Å². The molecule has 0 amide bonds. The van der Waals surface area contributed by atoms with Crippen molar-refractivity contribution in [1.29, 1.82) is 0 Å². The molecule has 3 heteroatoms. The van der Waals surface area contributed by atoms with E-state index in [0.29, 0.717) is 23.8 Å². The van der Waals surface area contributed by atoms with E-state index in [-0.39, 0.29) is 17.7 Å². The molecule has 0 saturated heterocycles. The average molecular weight is 225 g/mol. The second kappa shape index (κ2) is 4.50. The second-order valence-electron chi connectivity index (χ2n) is 4.71. The summed E-state index contributed by atoms with van der Waals surface area (Å²) in [5.41, 5.74) is 0.471. The Morgan fingerprint density at radius 3 is 2.69 bits per heavy atom. The highest BCUT2D eigenvalue weighted by atomic mass is 19.1. The lowest BCUT2D eigenvalue weighted by atomic mass is 10.0. The van der Waals surface area contributed by atoms with Crippen molar-refractivity contribution in [2.75, 3.05) is 7.05 Å². The molecule has 3 unspecified atom stereocenters. The van der Waals surface area contributed by atoms with E-state index in [1.54, 1.807) is 0 Å². The monoisotopic (exact) mass is 225 g/mol. The standard InChI is InChI=1S/C13H17F2N/c1-8-5-11(8)13(16-2)7-9-6-10(14)3-4-12(9)15/h3-4,6,8,11,13,16H,5,7H2,1-2H3. The summed E-state index contributed by atoms with van der Waals surface area (Å²) < 4.78 is 26.5. The van der Waals surface area contributed by atoms with Crippen LogP contribution in [-0.4, -0.2) is 13.1 Å². The van der Waals surface area contributed by atoms with Crippen molar-refractivity contribution in [1.82, 2.24) is 5.32 Å². The summed E-state index contributed by atoms with van der Waals surface area (Å²) in [6.45, 7) is 2.19. The van der Waals surface area contributed by atoms with E-state index in [2.05, 4.69) is 12.2 Å². The van der Waals surface area contributed by atoms with Gasteiger partial charge in [0.2, 0.25) is 0 Å². The smallest absolute Gasteiger partial charge is 0.126 e. The summed E-state index contributed by atoms with van der Waals surface area (Å²) in [6.07, 6.45) is 1.75. The molecule has 2 rings (SSSR count). The first-order valence-corrected chi connectivity index (χ1v) is 5.73. The summed E-state index contributed by atoms with van der Waals surface area (Å²) in [5, 5.41) is 3.20. The van der Waals surface area contributed by atoms with E-state index in [1.165, 1.54) is 18.6 Å². The number of hydrogen-bond donors (Lipinski definition) is 1. The Kier molecular flexibility index (Phi) is 3.24. The van der Waals surface area contributed by atoms with Crippen molar-refractivity contribution in [3.05, 3.63) is 35.4 Å². The lowest BCUT2D eigenvalue weighted by Crippen LogP contribution is -2.30. The van der Waals surface area contributed by atoms with Gasteiger partial charge < -0.3 is 5.32 Å². The van der Waals surface area contributed by atoms with Crippen molar-refractivity contribution >= 4 is 0 Å². The van der Waals surface area contributed by atoms with E-state index in [1.807, 2.05) is 7.05 Å². The highest BCUT2D eigenvalue weighted by molar-refractivity contribution is 5.20. The molecular weight excluding hydrogens is 208 g/mol.